The third-order valence-corrected chi connectivity index (χ3v) is 3.10. The summed E-state index contributed by atoms with van der Waals surface area (Å²) in [6.45, 7) is 11.7. The smallest absolute Gasteiger partial charge is 0.0383 e. The van der Waals surface area contributed by atoms with Crippen LogP contribution in [0.3, 0.4) is 0 Å². The standard InChI is InChI=1S/C14H30/c1-6-8-9-10-13(7-2)11-12-14(3,4)5/h13H,6-12H2,1-5H3/t13-/m1/s1. The van der Waals surface area contributed by atoms with Crippen LogP contribution in [0, 0.1) is 11.3 Å². The molecule has 0 heterocycles. The lowest BCUT2D eigenvalue weighted by molar-refractivity contribution is 0.304. The summed E-state index contributed by atoms with van der Waals surface area (Å²) >= 11 is 0. The number of hydrogen-bond donors (Lipinski definition) is 0. The Morgan fingerprint density at radius 2 is 1.57 bits per heavy atom. The van der Waals surface area contributed by atoms with Gasteiger partial charge in [-0.25, -0.2) is 0 Å². The Labute approximate surface area is 91.5 Å². The minimum atomic E-state index is 0.526. The average molecular weight is 198 g/mol. The highest BCUT2D eigenvalue weighted by Crippen LogP contribution is 2.27. The molecule has 0 spiro atoms. The Morgan fingerprint density at radius 3 is 2.00 bits per heavy atom. The fourth-order valence-electron chi connectivity index (χ4n) is 1.87. The summed E-state index contributed by atoms with van der Waals surface area (Å²) in [5.41, 5.74) is 0.526. The molecule has 0 rings (SSSR count). The van der Waals surface area contributed by atoms with Crippen molar-refractivity contribution in [2.24, 2.45) is 11.3 Å². The van der Waals surface area contributed by atoms with Gasteiger partial charge in [-0.3, -0.25) is 0 Å². The highest BCUT2D eigenvalue weighted by atomic mass is 14.2. The van der Waals surface area contributed by atoms with E-state index in [1.54, 1.807) is 0 Å². The Bertz CT molecular complexity index is 118. The third-order valence-electron chi connectivity index (χ3n) is 3.10. The molecule has 0 N–H and O–H groups in total. The predicted octanol–water partition coefficient (Wildman–Crippen LogP) is 5.42. The summed E-state index contributed by atoms with van der Waals surface area (Å²) in [5, 5.41) is 0. The van der Waals surface area contributed by atoms with Gasteiger partial charge in [0.25, 0.3) is 0 Å². The second-order valence-corrected chi connectivity index (χ2v) is 5.87. The van der Waals surface area contributed by atoms with Gasteiger partial charge in [-0.2, -0.15) is 0 Å². The normalized spacial score (nSPS) is 14.4. The topological polar surface area (TPSA) is 0 Å². The third kappa shape index (κ3) is 8.59. The zero-order valence-electron chi connectivity index (χ0n) is 11.0. The molecule has 0 fully saturated rings. The zero-order chi connectivity index (χ0) is 11.0. The highest BCUT2D eigenvalue weighted by molar-refractivity contribution is 4.66. The number of rotatable bonds is 7. The van der Waals surface area contributed by atoms with Crippen LogP contribution in [-0.2, 0) is 0 Å². The molecule has 0 aromatic rings. The summed E-state index contributed by atoms with van der Waals surface area (Å²) in [7, 11) is 0. The van der Waals surface area contributed by atoms with Gasteiger partial charge in [-0.1, -0.05) is 66.7 Å². The van der Waals surface area contributed by atoms with Gasteiger partial charge >= 0.3 is 0 Å². The lowest BCUT2D eigenvalue weighted by atomic mass is 9.84. The fourth-order valence-corrected chi connectivity index (χ4v) is 1.87. The van der Waals surface area contributed by atoms with E-state index in [4.69, 9.17) is 0 Å². The molecule has 0 heteroatoms. The SMILES string of the molecule is CCCCC[C@@H](CC)CCC(C)(C)C. The van der Waals surface area contributed by atoms with Gasteiger partial charge in [0.05, 0.1) is 0 Å². The van der Waals surface area contributed by atoms with Crippen molar-refractivity contribution >= 4 is 0 Å². The Morgan fingerprint density at radius 1 is 0.929 bits per heavy atom. The summed E-state index contributed by atoms with van der Waals surface area (Å²) < 4.78 is 0. The van der Waals surface area contributed by atoms with Gasteiger partial charge in [0.2, 0.25) is 0 Å². The van der Waals surface area contributed by atoms with E-state index in [2.05, 4.69) is 34.6 Å². The summed E-state index contributed by atoms with van der Waals surface area (Å²) in [4.78, 5) is 0. The van der Waals surface area contributed by atoms with Crippen LogP contribution in [0.5, 0.6) is 0 Å². The van der Waals surface area contributed by atoms with Gasteiger partial charge in [0, 0.05) is 0 Å². The van der Waals surface area contributed by atoms with E-state index in [9.17, 15) is 0 Å². The van der Waals surface area contributed by atoms with Crippen LogP contribution in [0.1, 0.15) is 79.6 Å². The molecule has 0 saturated heterocycles. The first kappa shape index (κ1) is 14.0. The number of unbranched alkanes of at least 4 members (excludes halogenated alkanes) is 2. The van der Waals surface area contributed by atoms with Gasteiger partial charge in [-0.15, -0.1) is 0 Å². The van der Waals surface area contributed by atoms with Gasteiger partial charge < -0.3 is 0 Å². The van der Waals surface area contributed by atoms with Gasteiger partial charge in [-0.05, 0) is 24.2 Å². The molecule has 0 nitrogen and oxygen atoms in total. The van der Waals surface area contributed by atoms with E-state index >= 15 is 0 Å². The van der Waals surface area contributed by atoms with Crippen molar-refractivity contribution in [3.05, 3.63) is 0 Å². The lowest BCUT2D eigenvalue weighted by Crippen LogP contribution is -2.09. The van der Waals surface area contributed by atoms with E-state index in [0.29, 0.717) is 5.41 Å². The minimum Gasteiger partial charge on any atom is -0.0654 e. The molecular formula is C14H30. The molecule has 1 atom stereocenters. The molecule has 0 aromatic carbocycles. The molecule has 14 heavy (non-hydrogen) atoms. The zero-order valence-corrected chi connectivity index (χ0v) is 11.0. The summed E-state index contributed by atoms with van der Waals surface area (Å²) in [6, 6.07) is 0. The average Bonchev–Trinajstić information content (AvgIpc) is 2.09. The quantitative estimate of drug-likeness (QED) is 0.479. The summed E-state index contributed by atoms with van der Waals surface area (Å²) in [6.07, 6.45) is 9.88. The molecule has 0 aliphatic heterocycles. The Kier molecular flexibility index (Phi) is 7.31. The van der Waals surface area contributed by atoms with E-state index < -0.39 is 0 Å². The van der Waals surface area contributed by atoms with E-state index in [0.717, 1.165) is 5.92 Å². The first-order valence-electron chi connectivity index (χ1n) is 6.49. The van der Waals surface area contributed by atoms with Crippen molar-refractivity contribution in [1.29, 1.82) is 0 Å². The molecule has 0 saturated carbocycles. The van der Waals surface area contributed by atoms with Crippen LogP contribution in [0.25, 0.3) is 0 Å². The van der Waals surface area contributed by atoms with E-state index in [1.165, 1.54) is 44.9 Å². The Hall–Kier alpha value is 0. The van der Waals surface area contributed by atoms with Crippen molar-refractivity contribution in [1.82, 2.24) is 0 Å². The molecule has 0 aliphatic carbocycles. The van der Waals surface area contributed by atoms with Gasteiger partial charge in [0.15, 0.2) is 0 Å². The Balaban J connectivity index is 3.58. The van der Waals surface area contributed by atoms with Crippen molar-refractivity contribution in [3.8, 4) is 0 Å². The molecule has 0 bridgehead atoms. The maximum atomic E-state index is 2.35. The first-order valence-corrected chi connectivity index (χ1v) is 6.49. The van der Waals surface area contributed by atoms with Crippen LogP contribution in [0.15, 0.2) is 0 Å². The van der Waals surface area contributed by atoms with Crippen molar-refractivity contribution in [2.45, 2.75) is 79.6 Å². The first-order chi connectivity index (χ1) is 6.49. The molecular weight excluding hydrogens is 168 g/mol. The van der Waals surface area contributed by atoms with Crippen LogP contribution in [0.4, 0.5) is 0 Å². The molecule has 0 aliphatic rings. The van der Waals surface area contributed by atoms with Crippen molar-refractivity contribution < 1.29 is 0 Å². The lowest BCUT2D eigenvalue weighted by Gasteiger charge is -2.22. The van der Waals surface area contributed by atoms with E-state index in [1.807, 2.05) is 0 Å². The highest BCUT2D eigenvalue weighted by Gasteiger charge is 2.13. The van der Waals surface area contributed by atoms with Gasteiger partial charge in [0.1, 0.15) is 0 Å². The number of hydrogen-bond acceptors (Lipinski definition) is 0. The fraction of sp³-hybridized carbons (Fsp3) is 1.00. The maximum absolute atomic E-state index is 2.35. The largest absolute Gasteiger partial charge is 0.0654 e. The second-order valence-electron chi connectivity index (χ2n) is 5.87. The second kappa shape index (κ2) is 7.31. The monoisotopic (exact) mass is 198 g/mol. The van der Waals surface area contributed by atoms with Crippen LogP contribution >= 0.6 is 0 Å². The molecule has 0 radical (unpaired) electrons. The van der Waals surface area contributed by atoms with Crippen molar-refractivity contribution in [2.75, 3.05) is 0 Å². The molecule has 0 amide bonds. The maximum Gasteiger partial charge on any atom is -0.0383 e. The molecule has 0 aromatic heterocycles. The van der Waals surface area contributed by atoms with E-state index in [-0.39, 0.29) is 0 Å². The van der Waals surface area contributed by atoms with Crippen LogP contribution in [-0.4, -0.2) is 0 Å². The minimum absolute atomic E-state index is 0.526. The summed E-state index contributed by atoms with van der Waals surface area (Å²) in [5.74, 6) is 0.987. The van der Waals surface area contributed by atoms with Crippen LogP contribution < -0.4 is 0 Å². The van der Waals surface area contributed by atoms with Crippen molar-refractivity contribution in [3.63, 3.8) is 0 Å². The molecule has 0 unspecified atom stereocenters. The predicted molar refractivity (Wildman–Crippen MR) is 66.6 cm³/mol. The molecule has 86 valence electrons. The van der Waals surface area contributed by atoms with Crippen LogP contribution in [0.2, 0.25) is 0 Å².